The summed E-state index contributed by atoms with van der Waals surface area (Å²) in [5, 5.41) is 13.0. The zero-order chi connectivity index (χ0) is 14.0. The van der Waals surface area contributed by atoms with Crippen LogP contribution in [0.4, 0.5) is 10.1 Å². The van der Waals surface area contributed by atoms with E-state index in [4.69, 9.17) is 5.11 Å². The number of hydrogen-bond acceptors (Lipinski definition) is 3. The van der Waals surface area contributed by atoms with Gasteiger partial charge in [0.2, 0.25) is 0 Å². The van der Waals surface area contributed by atoms with Crippen LogP contribution in [0.1, 0.15) is 20.0 Å². The van der Waals surface area contributed by atoms with Crippen molar-refractivity contribution >= 4 is 51.5 Å². The molecule has 2 N–H and O–H groups in total. The van der Waals surface area contributed by atoms with Crippen LogP contribution in [-0.4, -0.2) is 17.0 Å². The van der Waals surface area contributed by atoms with E-state index in [1.807, 2.05) is 22.6 Å². The molecule has 1 heterocycles. The van der Waals surface area contributed by atoms with Gasteiger partial charge in [0, 0.05) is 3.57 Å². The zero-order valence-corrected chi connectivity index (χ0v) is 12.3. The standard InChI is InChI=1S/C12H7FINO3S/c13-6-1-2-7(8(14)5-6)11(16)15-9-3-4-19-10(9)12(17)18/h1-5H,(H,15,16)(H,17,18). The third kappa shape index (κ3) is 3.10. The molecule has 19 heavy (non-hydrogen) atoms. The number of amides is 1. The molecule has 2 aromatic rings. The molecule has 1 amide bonds. The number of carboxylic acids is 1. The fourth-order valence-electron chi connectivity index (χ4n) is 1.44. The summed E-state index contributed by atoms with van der Waals surface area (Å²) in [6, 6.07) is 5.30. The molecule has 1 aromatic heterocycles. The number of aromatic carboxylic acids is 1. The molecule has 0 spiro atoms. The Bertz CT molecular complexity index is 656. The van der Waals surface area contributed by atoms with Gasteiger partial charge in [-0.05, 0) is 52.2 Å². The number of carbonyl (C=O) groups is 2. The van der Waals surface area contributed by atoms with E-state index >= 15 is 0 Å². The number of nitrogens with one attached hydrogen (secondary N) is 1. The Morgan fingerprint density at radius 3 is 2.68 bits per heavy atom. The highest BCUT2D eigenvalue weighted by Crippen LogP contribution is 2.23. The van der Waals surface area contributed by atoms with Crippen LogP contribution in [0, 0.1) is 9.39 Å². The van der Waals surface area contributed by atoms with Gasteiger partial charge in [-0.2, -0.15) is 0 Å². The first-order chi connectivity index (χ1) is 8.99. The summed E-state index contributed by atoms with van der Waals surface area (Å²) in [4.78, 5) is 23.0. The van der Waals surface area contributed by atoms with Gasteiger partial charge in [0.25, 0.3) is 5.91 Å². The highest BCUT2D eigenvalue weighted by molar-refractivity contribution is 14.1. The van der Waals surface area contributed by atoms with Gasteiger partial charge in [-0.3, -0.25) is 4.79 Å². The molecule has 0 saturated heterocycles. The predicted molar refractivity (Wildman–Crippen MR) is 78.3 cm³/mol. The van der Waals surface area contributed by atoms with Gasteiger partial charge >= 0.3 is 5.97 Å². The Labute approximate surface area is 125 Å². The number of benzene rings is 1. The Kier molecular flexibility index (Phi) is 4.15. The van der Waals surface area contributed by atoms with E-state index in [1.54, 1.807) is 5.38 Å². The van der Waals surface area contributed by atoms with E-state index in [0.717, 1.165) is 11.3 Å². The largest absolute Gasteiger partial charge is 0.477 e. The predicted octanol–water partition coefficient (Wildman–Crippen LogP) is 3.44. The molecule has 2 rings (SSSR count). The number of carbonyl (C=O) groups excluding carboxylic acids is 1. The molecule has 4 nitrogen and oxygen atoms in total. The monoisotopic (exact) mass is 391 g/mol. The topological polar surface area (TPSA) is 66.4 Å². The summed E-state index contributed by atoms with van der Waals surface area (Å²) in [7, 11) is 0. The van der Waals surface area contributed by atoms with E-state index in [-0.39, 0.29) is 10.6 Å². The van der Waals surface area contributed by atoms with Crippen molar-refractivity contribution < 1.29 is 19.1 Å². The normalized spacial score (nSPS) is 10.2. The van der Waals surface area contributed by atoms with Crippen molar-refractivity contribution in [2.24, 2.45) is 0 Å². The van der Waals surface area contributed by atoms with Crippen molar-refractivity contribution in [1.29, 1.82) is 0 Å². The maximum absolute atomic E-state index is 12.9. The van der Waals surface area contributed by atoms with Gasteiger partial charge in [0.05, 0.1) is 11.3 Å². The van der Waals surface area contributed by atoms with Crippen LogP contribution >= 0.6 is 33.9 Å². The van der Waals surface area contributed by atoms with E-state index < -0.39 is 17.7 Å². The van der Waals surface area contributed by atoms with Crippen molar-refractivity contribution in [3.63, 3.8) is 0 Å². The Hall–Kier alpha value is -1.48. The molecular formula is C12H7FINO3S. The first-order valence-corrected chi connectivity index (χ1v) is 7.02. The van der Waals surface area contributed by atoms with Gasteiger partial charge < -0.3 is 10.4 Å². The molecule has 0 aliphatic carbocycles. The molecule has 0 radical (unpaired) electrons. The minimum atomic E-state index is -1.10. The van der Waals surface area contributed by atoms with Gasteiger partial charge in [-0.25, -0.2) is 9.18 Å². The molecule has 0 aliphatic heterocycles. The second-order valence-electron chi connectivity index (χ2n) is 3.55. The summed E-state index contributed by atoms with van der Waals surface area (Å²) >= 11 is 2.88. The molecule has 7 heteroatoms. The molecule has 0 saturated carbocycles. The summed E-state index contributed by atoms with van der Waals surface area (Å²) in [6.07, 6.45) is 0. The van der Waals surface area contributed by atoms with E-state index in [9.17, 15) is 14.0 Å². The van der Waals surface area contributed by atoms with Crippen LogP contribution in [0.25, 0.3) is 0 Å². The van der Waals surface area contributed by atoms with Crippen molar-refractivity contribution in [3.8, 4) is 0 Å². The third-order valence-electron chi connectivity index (χ3n) is 2.28. The molecule has 98 valence electrons. The molecule has 0 fully saturated rings. The van der Waals surface area contributed by atoms with Crippen LogP contribution in [0.15, 0.2) is 29.6 Å². The summed E-state index contributed by atoms with van der Waals surface area (Å²) in [5.41, 5.74) is 0.534. The fourth-order valence-corrected chi connectivity index (χ4v) is 2.85. The molecule has 0 aliphatic rings. The number of halogens is 2. The second-order valence-corrected chi connectivity index (χ2v) is 5.63. The van der Waals surface area contributed by atoms with Crippen molar-refractivity contribution in [3.05, 3.63) is 49.5 Å². The third-order valence-corrected chi connectivity index (χ3v) is 4.08. The van der Waals surface area contributed by atoms with Crippen LogP contribution < -0.4 is 5.32 Å². The maximum atomic E-state index is 12.9. The van der Waals surface area contributed by atoms with Gasteiger partial charge in [-0.1, -0.05) is 0 Å². The lowest BCUT2D eigenvalue weighted by molar-refractivity contribution is 0.0703. The van der Waals surface area contributed by atoms with E-state index in [2.05, 4.69) is 5.32 Å². The molecule has 1 aromatic carbocycles. The smallest absolute Gasteiger partial charge is 0.348 e. The van der Waals surface area contributed by atoms with Crippen molar-refractivity contribution in [2.45, 2.75) is 0 Å². The van der Waals surface area contributed by atoms with Gasteiger partial charge in [0.1, 0.15) is 10.7 Å². The second kappa shape index (κ2) is 5.66. The first-order valence-electron chi connectivity index (χ1n) is 5.06. The molecular weight excluding hydrogens is 384 g/mol. The summed E-state index contributed by atoms with van der Waals surface area (Å²) < 4.78 is 13.4. The Morgan fingerprint density at radius 2 is 2.05 bits per heavy atom. The van der Waals surface area contributed by atoms with Crippen LogP contribution in [-0.2, 0) is 0 Å². The van der Waals surface area contributed by atoms with Crippen LogP contribution in [0.5, 0.6) is 0 Å². The lowest BCUT2D eigenvalue weighted by Crippen LogP contribution is -2.14. The summed E-state index contributed by atoms with van der Waals surface area (Å²) in [5.74, 6) is -1.99. The molecule has 0 bridgehead atoms. The molecule has 0 unspecified atom stereocenters. The zero-order valence-electron chi connectivity index (χ0n) is 9.31. The minimum Gasteiger partial charge on any atom is -0.477 e. The summed E-state index contributed by atoms with van der Waals surface area (Å²) in [6.45, 7) is 0. The maximum Gasteiger partial charge on any atom is 0.348 e. The Balaban J connectivity index is 2.26. The fraction of sp³-hybridized carbons (Fsp3) is 0. The quantitative estimate of drug-likeness (QED) is 0.788. The first kappa shape index (κ1) is 13.9. The SMILES string of the molecule is O=C(Nc1ccsc1C(=O)O)c1ccc(F)cc1I. The van der Waals surface area contributed by atoms with E-state index in [1.165, 1.54) is 24.3 Å². The Morgan fingerprint density at radius 1 is 1.32 bits per heavy atom. The average Bonchev–Trinajstić information content (AvgIpc) is 2.76. The van der Waals surface area contributed by atoms with Crippen molar-refractivity contribution in [1.82, 2.24) is 0 Å². The number of thiophene rings is 1. The molecule has 0 atom stereocenters. The lowest BCUT2D eigenvalue weighted by Gasteiger charge is -2.06. The average molecular weight is 391 g/mol. The van der Waals surface area contributed by atoms with Gasteiger partial charge in [0.15, 0.2) is 0 Å². The van der Waals surface area contributed by atoms with Crippen molar-refractivity contribution in [2.75, 3.05) is 5.32 Å². The minimum absolute atomic E-state index is 0.0606. The van der Waals surface area contributed by atoms with E-state index in [0.29, 0.717) is 9.13 Å². The van der Waals surface area contributed by atoms with Crippen LogP contribution in [0.2, 0.25) is 0 Å². The highest BCUT2D eigenvalue weighted by Gasteiger charge is 2.16. The number of rotatable bonds is 3. The number of hydrogen-bond donors (Lipinski definition) is 2. The highest BCUT2D eigenvalue weighted by atomic mass is 127. The lowest BCUT2D eigenvalue weighted by atomic mass is 10.2. The number of anilines is 1. The van der Waals surface area contributed by atoms with Crippen LogP contribution in [0.3, 0.4) is 0 Å². The van der Waals surface area contributed by atoms with Gasteiger partial charge in [-0.15, -0.1) is 11.3 Å². The number of carboxylic acid groups (broad SMARTS) is 1.